The van der Waals surface area contributed by atoms with Crippen LogP contribution >= 0.6 is 0 Å². The molecular formula is C21H25N3O3. The molecule has 6 heteroatoms. The molecule has 1 atom stereocenters. The number of amides is 3. The second-order valence-corrected chi connectivity index (χ2v) is 6.76. The lowest BCUT2D eigenvalue weighted by Gasteiger charge is -2.22. The van der Waals surface area contributed by atoms with Crippen molar-refractivity contribution in [2.45, 2.75) is 33.7 Å². The van der Waals surface area contributed by atoms with Crippen molar-refractivity contribution in [3.63, 3.8) is 0 Å². The zero-order chi connectivity index (χ0) is 20.0. The van der Waals surface area contributed by atoms with Crippen LogP contribution in [0, 0.1) is 12.8 Å². The molecule has 142 valence electrons. The van der Waals surface area contributed by atoms with Crippen LogP contribution in [0.15, 0.2) is 48.5 Å². The SMILES string of the molecule is CC(=O)Nc1ccc(NC(=O)[C@@H](NC(=O)c2ccccc2C)C(C)C)cc1. The third-order valence-electron chi connectivity index (χ3n) is 4.10. The Morgan fingerprint density at radius 3 is 1.93 bits per heavy atom. The smallest absolute Gasteiger partial charge is 0.252 e. The Morgan fingerprint density at radius 2 is 1.41 bits per heavy atom. The van der Waals surface area contributed by atoms with Crippen molar-refractivity contribution < 1.29 is 14.4 Å². The predicted molar refractivity (Wildman–Crippen MR) is 107 cm³/mol. The third-order valence-corrected chi connectivity index (χ3v) is 4.10. The summed E-state index contributed by atoms with van der Waals surface area (Å²) in [5.41, 5.74) is 2.64. The van der Waals surface area contributed by atoms with Crippen molar-refractivity contribution in [3.8, 4) is 0 Å². The molecule has 0 saturated heterocycles. The lowest BCUT2D eigenvalue weighted by molar-refractivity contribution is -0.119. The van der Waals surface area contributed by atoms with Gasteiger partial charge in [-0.05, 0) is 48.7 Å². The van der Waals surface area contributed by atoms with E-state index in [2.05, 4.69) is 16.0 Å². The molecule has 0 aromatic heterocycles. The van der Waals surface area contributed by atoms with Crippen molar-refractivity contribution in [2.24, 2.45) is 5.92 Å². The number of anilines is 2. The molecule has 0 bridgehead atoms. The first-order valence-corrected chi connectivity index (χ1v) is 8.83. The van der Waals surface area contributed by atoms with E-state index >= 15 is 0 Å². The highest BCUT2D eigenvalue weighted by atomic mass is 16.2. The molecule has 0 aliphatic heterocycles. The molecule has 2 aromatic carbocycles. The van der Waals surface area contributed by atoms with Crippen LogP contribution in [-0.4, -0.2) is 23.8 Å². The van der Waals surface area contributed by atoms with E-state index in [9.17, 15) is 14.4 Å². The van der Waals surface area contributed by atoms with Gasteiger partial charge in [-0.2, -0.15) is 0 Å². The van der Waals surface area contributed by atoms with Gasteiger partial charge in [0.25, 0.3) is 5.91 Å². The quantitative estimate of drug-likeness (QED) is 0.732. The zero-order valence-corrected chi connectivity index (χ0v) is 16.0. The number of carbonyl (C=O) groups excluding carboxylic acids is 3. The van der Waals surface area contributed by atoms with Crippen molar-refractivity contribution in [1.29, 1.82) is 0 Å². The van der Waals surface area contributed by atoms with Gasteiger partial charge in [0.15, 0.2) is 0 Å². The Hall–Kier alpha value is -3.15. The second kappa shape index (κ2) is 8.98. The fourth-order valence-electron chi connectivity index (χ4n) is 2.64. The normalized spacial score (nSPS) is 11.6. The highest BCUT2D eigenvalue weighted by Gasteiger charge is 2.25. The summed E-state index contributed by atoms with van der Waals surface area (Å²) < 4.78 is 0. The Labute approximate surface area is 159 Å². The second-order valence-electron chi connectivity index (χ2n) is 6.76. The van der Waals surface area contributed by atoms with Gasteiger partial charge >= 0.3 is 0 Å². The van der Waals surface area contributed by atoms with Crippen LogP contribution in [0.2, 0.25) is 0 Å². The topological polar surface area (TPSA) is 87.3 Å². The molecule has 6 nitrogen and oxygen atoms in total. The van der Waals surface area contributed by atoms with E-state index in [4.69, 9.17) is 0 Å². The van der Waals surface area contributed by atoms with Crippen LogP contribution in [0.5, 0.6) is 0 Å². The maximum atomic E-state index is 12.7. The minimum Gasteiger partial charge on any atom is -0.340 e. The maximum absolute atomic E-state index is 12.7. The Balaban J connectivity index is 2.07. The molecule has 0 aliphatic rings. The predicted octanol–water partition coefficient (Wildman–Crippen LogP) is 3.35. The van der Waals surface area contributed by atoms with E-state index in [1.54, 1.807) is 36.4 Å². The molecule has 0 fully saturated rings. The summed E-state index contributed by atoms with van der Waals surface area (Å²) in [5.74, 6) is -0.815. The lowest BCUT2D eigenvalue weighted by Crippen LogP contribution is -2.47. The maximum Gasteiger partial charge on any atom is 0.252 e. The summed E-state index contributed by atoms with van der Waals surface area (Å²) in [5, 5.41) is 8.30. The summed E-state index contributed by atoms with van der Waals surface area (Å²) in [6.07, 6.45) is 0. The van der Waals surface area contributed by atoms with Gasteiger partial charge < -0.3 is 16.0 Å². The summed E-state index contributed by atoms with van der Waals surface area (Å²) in [7, 11) is 0. The van der Waals surface area contributed by atoms with Gasteiger partial charge in [-0.15, -0.1) is 0 Å². The van der Waals surface area contributed by atoms with Crippen molar-refractivity contribution in [2.75, 3.05) is 10.6 Å². The number of benzene rings is 2. The first-order chi connectivity index (χ1) is 12.8. The number of aryl methyl sites for hydroxylation is 1. The first-order valence-electron chi connectivity index (χ1n) is 8.83. The number of hydrogen-bond donors (Lipinski definition) is 3. The fourth-order valence-corrected chi connectivity index (χ4v) is 2.64. The van der Waals surface area contributed by atoms with Gasteiger partial charge in [0.2, 0.25) is 11.8 Å². The van der Waals surface area contributed by atoms with Crippen LogP contribution in [-0.2, 0) is 9.59 Å². The monoisotopic (exact) mass is 367 g/mol. The summed E-state index contributed by atoms with van der Waals surface area (Å²) in [4.78, 5) is 36.3. The van der Waals surface area contributed by atoms with Gasteiger partial charge in [-0.25, -0.2) is 0 Å². The Morgan fingerprint density at radius 1 is 0.852 bits per heavy atom. The molecule has 0 heterocycles. The molecule has 0 aliphatic carbocycles. The van der Waals surface area contributed by atoms with Crippen molar-refractivity contribution in [3.05, 3.63) is 59.7 Å². The molecule has 0 radical (unpaired) electrons. The molecule has 27 heavy (non-hydrogen) atoms. The van der Waals surface area contributed by atoms with Gasteiger partial charge in [0.1, 0.15) is 6.04 Å². The van der Waals surface area contributed by atoms with Crippen LogP contribution in [0.1, 0.15) is 36.7 Å². The third kappa shape index (κ3) is 5.67. The summed E-state index contributed by atoms with van der Waals surface area (Å²) in [6.45, 7) is 7.04. The highest BCUT2D eigenvalue weighted by Crippen LogP contribution is 2.15. The van der Waals surface area contributed by atoms with E-state index in [1.165, 1.54) is 6.92 Å². The van der Waals surface area contributed by atoms with E-state index < -0.39 is 6.04 Å². The minimum absolute atomic E-state index is 0.0865. The number of rotatable bonds is 6. The molecule has 2 rings (SSSR count). The zero-order valence-electron chi connectivity index (χ0n) is 16.0. The average Bonchev–Trinajstić information content (AvgIpc) is 2.60. The average molecular weight is 367 g/mol. The highest BCUT2D eigenvalue weighted by molar-refractivity contribution is 6.02. The molecule has 0 unspecified atom stereocenters. The van der Waals surface area contributed by atoms with Crippen LogP contribution < -0.4 is 16.0 Å². The summed E-state index contributed by atoms with van der Waals surface area (Å²) >= 11 is 0. The minimum atomic E-state index is -0.674. The summed E-state index contributed by atoms with van der Waals surface area (Å²) in [6, 6.07) is 13.4. The standard InChI is InChI=1S/C21H25N3O3/c1-13(2)19(24-20(26)18-8-6-5-7-14(18)3)21(27)23-17-11-9-16(10-12-17)22-15(4)25/h5-13,19H,1-4H3,(H,22,25)(H,23,27)(H,24,26)/t19-/m0/s1. The number of hydrogen-bond acceptors (Lipinski definition) is 3. The Bertz CT molecular complexity index is 829. The van der Waals surface area contributed by atoms with E-state index in [1.807, 2.05) is 32.9 Å². The fraction of sp³-hybridized carbons (Fsp3) is 0.286. The molecule has 3 N–H and O–H groups in total. The molecule has 0 saturated carbocycles. The molecule has 2 aromatic rings. The van der Waals surface area contributed by atoms with Gasteiger partial charge in [-0.1, -0.05) is 32.0 Å². The number of carbonyl (C=O) groups is 3. The van der Waals surface area contributed by atoms with Crippen LogP contribution in [0.3, 0.4) is 0 Å². The van der Waals surface area contributed by atoms with Gasteiger partial charge in [0.05, 0.1) is 0 Å². The van der Waals surface area contributed by atoms with Crippen molar-refractivity contribution in [1.82, 2.24) is 5.32 Å². The lowest BCUT2D eigenvalue weighted by atomic mass is 10.0. The van der Waals surface area contributed by atoms with Gasteiger partial charge in [0, 0.05) is 23.9 Å². The molecular weight excluding hydrogens is 342 g/mol. The van der Waals surface area contributed by atoms with Crippen molar-refractivity contribution >= 4 is 29.1 Å². The van der Waals surface area contributed by atoms with E-state index in [-0.39, 0.29) is 23.6 Å². The Kier molecular flexibility index (Phi) is 6.71. The van der Waals surface area contributed by atoms with E-state index in [0.29, 0.717) is 16.9 Å². The first kappa shape index (κ1) is 20.2. The largest absolute Gasteiger partial charge is 0.340 e. The van der Waals surface area contributed by atoms with Crippen LogP contribution in [0.25, 0.3) is 0 Å². The molecule has 0 spiro atoms. The molecule has 3 amide bonds. The van der Waals surface area contributed by atoms with Crippen LogP contribution in [0.4, 0.5) is 11.4 Å². The van der Waals surface area contributed by atoms with E-state index in [0.717, 1.165) is 5.56 Å². The number of nitrogens with one attached hydrogen (secondary N) is 3. The van der Waals surface area contributed by atoms with Gasteiger partial charge in [-0.3, -0.25) is 14.4 Å².